The first-order valence-corrected chi connectivity index (χ1v) is 9.58. The number of hydrogen-bond donors (Lipinski definition) is 1. The molecule has 0 aliphatic heterocycles. The Bertz CT molecular complexity index is 861. The fourth-order valence-corrected chi connectivity index (χ4v) is 2.97. The number of hydrogen-bond acceptors (Lipinski definition) is 7. The smallest absolute Gasteiger partial charge is 0.249 e. The molecule has 1 N–H and O–H groups in total. The molecule has 0 saturated heterocycles. The van der Waals surface area contributed by atoms with Crippen LogP contribution in [-0.4, -0.2) is 37.4 Å². The Morgan fingerprint density at radius 1 is 1.17 bits per heavy atom. The van der Waals surface area contributed by atoms with Crippen molar-refractivity contribution in [1.29, 1.82) is 0 Å². The van der Waals surface area contributed by atoms with Gasteiger partial charge in [0.15, 0.2) is 17.3 Å². The van der Waals surface area contributed by atoms with E-state index in [2.05, 4.69) is 15.5 Å². The third-order valence-electron chi connectivity index (χ3n) is 4.74. The van der Waals surface area contributed by atoms with E-state index in [4.69, 9.17) is 18.7 Å². The zero-order valence-corrected chi connectivity index (χ0v) is 17.4. The summed E-state index contributed by atoms with van der Waals surface area (Å²) in [7, 11) is 4.64. The van der Waals surface area contributed by atoms with Gasteiger partial charge in [-0.05, 0) is 42.5 Å². The number of aromatic nitrogens is 2. The molecule has 1 aliphatic rings. The number of carbonyl (C=O) groups is 1. The Hall–Kier alpha value is -3.03. The first-order chi connectivity index (χ1) is 14.0. The van der Waals surface area contributed by atoms with Crippen LogP contribution in [0, 0.1) is 5.92 Å². The van der Waals surface area contributed by atoms with E-state index in [0.717, 1.165) is 24.2 Å². The van der Waals surface area contributed by atoms with E-state index in [1.54, 1.807) is 39.5 Å². The monoisotopic (exact) mass is 401 g/mol. The van der Waals surface area contributed by atoms with Gasteiger partial charge in [-0.25, -0.2) is 0 Å². The van der Waals surface area contributed by atoms with Gasteiger partial charge in [0.2, 0.25) is 17.5 Å². The molecule has 1 aromatic carbocycles. The average molecular weight is 401 g/mol. The summed E-state index contributed by atoms with van der Waals surface area (Å²) in [5.41, 5.74) is 0.740. The summed E-state index contributed by atoms with van der Waals surface area (Å²) in [5.74, 6) is 2.94. The highest BCUT2D eigenvalue weighted by molar-refractivity contribution is 5.92. The van der Waals surface area contributed by atoms with E-state index >= 15 is 0 Å². The second kappa shape index (κ2) is 8.98. The normalized spacial score (nSPS) is 14.8. The van der Waals surface area contributed by atoms with Gasteiger partial charge in [0.1, 0.15) is 6.04 Å². The molecule has 29 heavy (non-hydrogen) atoms. The SMILES string of the molecule is COc1cc(/C=C/C(=O)NC(c2nc(C3CC3)no2)C(C)C)cc(OC)c1OC. The third-order valence-corrected chi connectivity index (χ3v) is 4.74. The zero-order valence-electron chi connectivity index (χ0n) is 17.4. The van der Waals surface area contributed by atoms with Gasteiger partial charge in [0.25, 0.3) is 0 Å². The molecule has 1 unspecified atom stereocenters. The molecule has 3 rings (SSSR count). The molecule has 1 heterocycles. The Labute approximate surface area is 170 Å². The van der Waals surface area contributed by atoms with Crippen molar-refractivity contribution in [2.75, 3.05) is 21.3 Å². The topological polar surface area (TPSA) is 95.7 Å². The van der Waals surface area contributed by atoms with E-state index < -0.39 is 0 Å². The standard InChI is InChI=1S/C21H27N3O5/c1-12(2)18(21-23-20(24-29-21)14-7-8-14)22-17(25)9-6-13-10-15(26-3)19(28-5)16(11-13)27-4/h6,9-12,14,18H,7-8H2,1-5H3,(H,22,25)/b9-6+. The number of amides is 1. The lowest BCUT2D eigenvalue weighted by Crippen LogP contribution is -2.30. The minimum atomic E-state index is -0.355. The molecular weight excluding hydrogens is 374 g/mol. The minimum absolute atomic E-state index is 0.0982. The van der Waals surface area contributed by atoms with Crippen LogP contribution in [0.3, 0.4) is 0 Å². The van der Waals surface area contributed by atoms with Crippen molar-refractivity contribution in [3.63, 3.8) is 0 Å². The lowest BCUT2D eigenvalue weighted by Gasteiger charge is -2.17. The maximum Gasteiger partial charge on any atom is 0.249 e. The summed E-state index contributed by atoms with van der Waals surface area (Å²) >= 11 is 0. The van der Waals surface area contributed by atoms with Gasteiger partial charge in [-0.1, -0.05) is 19.0 Å². The summed E-state index contributed by atoms with van der Waals surface area (Å²) in [4.78, 5) is 17.0. The maximum atomic E-state index is 12.5. The number of rotatable bonds is 9. The number of nitrogens with one attached hydrogen (secondary N) is 1. The first-order valence-electron chi connectivity index (χ1n) is 9.58. The van der Waals surface area contributed by atoms with Crippen LogP contribution in [0.2, 0.25) is 0 Å². The fourth-order valence-electron chi connectivity index (χ4n) is 2.97. The lowest BCUT2D eigenvalue weighted by molar-refractivity contribution is -0.117. The highest BCUT2D eigenvalue weighted by atomic mass is 16.5. The molecule has 1 fully saturated rings. The minimum Gasteiger partial charge on any atom is -0.493 e. The van der Waals surface area contributed by atoms with Gasteiger partial charge in [-0.2, -0.15) is 4.98 Å². The molecule has 1 saturated carbocycles. The van der Waals surface area contributed by atoms with Crippen molar-refractivity contribution in [3.8, 4) is 17.2 Å². The molecule has 1 atom stereocenters. The highest BCUT2D eigenvalue weighted by Gasteiger charge is 2.31. The molecule has 0 radical (unpaired) electrons. The summed E-state index contributed by atoms with van der Waals surface area (Å²) < 4.78 is 21.4. The second-order valence-electron chi connectivity index (χ2n) is 7.29. The number of nitrogens with zero attached hydrogens (tertiary/aromatic N) is 2. The first kappa shape index (κ1) is 20.7. The van der Waals surface area contributed by atoms with Crippen LogP contribution in [0.15, 0.2) is 22.7 Å². The molecular formula is C21H27N3O5. The van der Waals surface area contributed by atoms with Gasteiger partial charge in [0, 0.05) is 12.0 Å². The van der Waals surface area contributed by atoms with Crippen molar-refractivity contribution in [1.82, 2.24) is 15.5 Å². The maximum absolute atomic E-state index is 12.5. The molecule has 1 amide bonds. The number of ether oxygens (including phenoxy) is 3. The predicted octanol–water partition coefficient (Wildman–Crippen LogP) is 3.50. The van der Waals surface area contributed by atoms with Gasteiger partial charge in [0.05, 0.1) is 21.3 Å². The Morgan fingerprint density at radius 3 is 2.34 bits per heavy atom. The van der Waals surface area contributed by atoms with E-state index in [1.807, 2.05) is 13.8 Å². The quantitative estimate of drug-likeness (QED) is 0.643. The highest BCUT2D eigenvalue weighted by Crippen LogP contribution is 2.39. The molecule has 8 nitrogen and oxygen atoms in total. The summed E-state index contributed by atoms with van der Waals surface area (Å²) in [6, 6.07) is 3.18. The average Bonchev–Trinajstić information content (AvgIpc) is 3.46. The Morgan fingerprint density at radius 2 is 1.83 bits per heavy atom. The van der Waals surface area contributed by atoms with Crippen LogP contribution in [0.5, 0.6) is 17.2 Å². The van der Waals surface area contributed by atoms with E-state index in [-0.39, 0.29) is 17.9 Å². The largest absolute Gasteiger partial charge is 0.493 e. The van der Waals surface area contributed by atoms with Crippen LogP contribution >= 0.6 is 0 Å². The van der Waals surface area contributed by atoms with Crippen molar-refractivity contribution < 1.29 is 23.5 Å². The third kappa shape index (κ3) is 4.88. The van der Waals surface area contributed by atoms with Crippen LogP contribution in [0.25, 0.3) is 6.08 Å². The molecule has 1 aromatic heterocycles. The molecule has 156 valence electrons. The van der Waals surface area contributed by atoms with Crippen molar-refractivity contribution in [2.24, 2.45) is 5.92 Å². The van der Waals surface area contributed by atoms with Crippen LogP contribution in [-0.2, 0) is 4.79 Å². The van der Waals surface area contributed by atoms with E-state index in [9.17, 15) is 4.79 Å². The van der Waals surface area contributed by atoms with Crippen LogP contribution < -0.4 is 19.5 Å². The number of methoxy groups -OCH3 is 3. The summed E-state index contributed by atoms with van der Waals surface area (Å²) in [6.45, 7) is 3.99. The van der Waals surface area contributed by atoms with Crippen LogP contribution in [0.1, 0.15) is 55.9 Å². The van der Waals surface area contributed by atoms with Crippen LogP contribution in [0.4, 0.5) is 0 Å². The van der Waals surface area contributed by atoms with Gasteiger partial charge >= 0.3 is 0 Å². The number of benzene rings is 1. The van der Waals surface area contributed by atoms with E-state index in [1.165, 1.54) is 6.08 Å². The van der Waals surface area contributed by atoms with Crippen molar-refractivity contribution in [3.05, 3.63) is 35.5 Å². The second-order valence-corrected chi connectivity index (χ2v) is 7.29. The molecule has 1 aliphatic carbocycles. The molecule has 8 heteroatoms. The zero-order chi connectivity index (χ0) is 21.0. The predicted molar refractivity (Wildman–Crippen MR) is 107 cm³/mol. The lowest BCUT2D eigenvalue weighted by atomic mass is 10.0. The number of carbonyl (C=O) groups excluding carboxylic acids is 1. The summed E-state index contributed by atoms with van der Waals surface area (Å²) in [6.07, 6.45) is 5.32. The van der Waals surface area contributed by atoms with Crippen molar-refractivity contribution in [2.45, 2.75) is 38.6 Å². The fraction of sp³-hybridized carbons (Fsp3) is 0.476. The van der Waals surface area contributed by atoms with E-state index in [0.29, 0.717) is 29.1 Å². The Kier molecular flexibility index (Phi) is 6.41. The Balaban J connectivity index is 1.73. The summed E-state index contributed by atoms with van der Waals surface area (Å²) in [5, 5.41) is 6.99. The van der Waals surface area contributed by atoms with Gasteiger partial charge in [-0.3, -0.25) is 4.79 Å². The molecule has 0 bridgehead atoms. The van der Waals surface area contributed by atoms with Gasteiger partial charge < -0.3 is 24.1 Å². The molecule has 0 spiro atoms. The molecule has 2 aromatic rings. The van der Waals surface area contributed by atoms with Gasteiger partial charge in [-0.15, -0.1) is 0 Å². The van der Waals surface area contributed by atoms with Crippen molar-refractivity contribution >= 4 is 12.0 Å².